The van der Waals surface area contributed by atoms with Crippen molar-refractivity contribution in [3.8, 4) is 5.69 Å². The topological polar surface area (TPSA) is 41.4 Å². The standard InChI is InChI=1S/C30H30F2N4O/c1-2-35(30(37)17-22-9-5-3-6-10-22)21-28-26-20-34(19-23-18-24(31)13-14-27(23)32)16-15-29(26)36(33-28)25-11-7-4-8-12-25/h3-14,18H,2,15-17,19-21H2,1H3. The van der Waals surface area contributed by atoms with Gasteiger partial charge in [-0.3, -0.25) is 9.69 Å². The van der Waals surface area contributed by atoms with Crippen molar-refractivity contribution in [2.24, 2.45) is 0 Å². The summed E-state index contributed by atoms with van der Waals surface area (Å²) in [7, 11) is 0. The third kappa shape index (κ3) is 5.62. The van der Waals surface area contributed by atoms with Crippen LogP contribution >= 0.6 is 0 Å². The number of benzene rings is 3. The highest BCUT2D eigenvalue weighted by atomic mass is 19.1. The van der Waals surface area contributed by atoms with E-state index in [4.69, 9.17) is 5.10 Å². The van der Waals surface area contributed by atoms with Gasteiger partial charge in [-0.25, -0.2) is 13.5 Å². The first-order valence-corrected chi connectivity index (χ1v) is 12.6. The second kappa shape index (κ2) is 11.0. The molecule has 0 unspecified atom stereocenters. The Kier molecular flexibility index (Phi) is 7.42. The van der Waals surface area contributed by atoms with Gasteiger partial charge in [0.1, 0.15) is 11.6 Å². The maximum absolute atomic E-state index is 14.4. The molecule has 0 atom stereocenters. The molecule has 7 heteroatoms. The van der Waals surface area contributed by atoms with Gasteiger partial charge in [0.2, 0.25) is 5.91 Å². The summed E-state index contributed by atoms with van der Waals surface area (Å²) < 4.78 is 30.1. The Bertz CT molecular complexity index is 1370. The van der Waals surface area contributed by atoms with E-state index in [1.807, 2.05) is 77.2 Å². The molecule has 2 heterocycles. The Morgan fingerprint density at radius 2 is 1.73 bits per heavy atom. The van der Waals surface area contributed by atoms with Crippen molar-refractivity contribution in [1.29, 1.82) is 0 Å². The first-order chi connectivity index (χ1) is 18.0. The lowest BCUT2D eigenvalue weighted by Gasteiger charge is -2.28. The summed E-state index contributed by atoms with van der Waals surface area (Å²) in [6.07, 6.45) is 1.06. The van der Waals surface area contributed by atoms with Gasteiger partial charge in [0.25, 0.3) is 0 Å². The number of hydrogen-bond donors (Lipinski definition) is 0. The first kappa shape index (κ1) is 24.8. The third-order valence-corrected chi connectivity index (χ3v) is 6.90. The number of aromatic nitrogens is 2. The maximum atomic E-state index is 14.4. The lowest BCUT2D eigenvalue weighted by atomic mass is 10.0. The smallest absolute Gasteiger partial charge is 0.227 e. The molecule has 190 valence electrons. The molecule has 0 fully saturated rings. The molecule has 0 aliphatic carbocycles. The lowest BCUT2D eigenvalue weighted by molar-refractivity contribution is -0.130. The van der Waals surface area contributed by atoms with Crippen molar-refractivity contribution < 1.29 is 13.6 Å². The molecule has 0 spiro atoms. The van der Waals surface area contributed by atoms with E-state index in [1.54, 1.807) is 0 Å². The van der Waals surface area contributed by atoms with Gasteiger partial charge in [0, 0.05) is 43.7 Å². The summed E-state index contributed by atoms with van der Waals surface area (Å²) >= 11 is 0. The Hall–Kier alpha value is -3.84. The summed E-state index contributed by atoms with van der Waals surface area (Å²) in [6, 6.07) is 23.3. The van der Waals surface area contributed by atoms with Gasteiger partial charge in [-0.2, -0.15) is 5.10 Å². The van der Waals surface area contributed by atoms with Gasteiger partial charge in [0.15, 0.2) is 0 Å². The lowest BCUT2D eigenvalue weighted by Crippen LogP contribution is -2.34. The number of likely N-dealkylation sites (N-methyl/N-ethyl adjacent to an activating group) is 1. The summed E-state index contributed by atoms with van der Waals surface area (Å²) in [5.41, 5.74) is 5.28. The highest BCUT2D eigenvalue weighted by molar-refractivity contribution is 5.78. The van der Waals surface area contributed by atoms with Crippen LogP contribution in [0.5, 0.6) is 0 Å². The zero-order valence-electron chi connectivity index (χ0n) is 20.9. The number of rotatable bonds is 8. The predicted octanol–water partition coefficient (Wildman–Crippen LogP) is 5.30. The average molecular weight is 501 g/mol. The summed E-state index contributed by atoms with van der Waals surface area (Å²) in [4.78, 5) is 17.1. The van der Waals surface area contributed by atoms with Crippen molar-refractivity contribution in [1.82, 2.24) is 19.6 Å². The van der Waals surface area contributed by atoms with E-state index >= 15 is 0 Å². The van der Waals surface area contributed by atoms with Gasteiger partial charge in [-0.1, -0.05) is 48.5 Å². The molecule has 0 saturated heterocycles. The Labute approximate surface area is 216 Å². The quantitative estimate of drug-likeness (QED) is 0.330. The molecule has 1 aromatic heterocycles. The highest BCUT2D eigenvalue weighted by Crippen LogP contribution is 2.28. The van der Waals surface area contributed by atoms with E-state index in [0.717, 1.165) is 40.7 Å². The van der Waals surface area contributed by atoms with Crippen molar-refractivity contribution >= 4 is 5.91 Å². The van der Waals surface area contributed by atoms with Gasteiger partial charge >= 0.3 is 0 Å². The Balaban J connectivity index is 1.43. The minimum absolute atomic E-state index is 0.0474. The van der Waals surface area contributed by atoms with Crippen molar-refractivity contribution in [3.63, 3.8) is 0 Å². The predicted molar refractivity (Wildman–Crippen MR) is 139 cm³/mol. The number of halogens is 2. The molecule has 4 aromatic rings. The van der Waals surface area contributed by atoms with Crippen LogP contribution in [0.2, 0.25) is 0 Å². The molecular weight excluding hydrogens is 470 g/mol. The van der Waals surface area contributed by atoms with Crippen molar-refractivity contribution in [2.75, 3.05) is 13.1 Å². The molecule has 0 N–H and O–H groups in total. The normalized spacial score (nSPS) is 13.4. The number of nitrogens with zero attached hydrogens (tertiary/aromatic N) is 4. The van der Waals surface area contributed by atoms with E-state index in [9.17, 15) is 13.6 Å². The van der Waals surface area contributed by atoms with Gasteiger partial charge < -0.3 is 4.90 Å². The van der Waals surface area contributed by atoms with Gasteiger partial charge in [0.05, 0.1) is 30.0 Å². The minimum Gasteiger partial charge on any atom is -0.337 e. The first-order valence-electron chi connectivity index (χ1n) is 12.6. The largest absolute Gasteiger partial charge is 0.337 e. The van der Waals surface area contributed by atoms with Crippen LogP contribution in [0.4, 0.5) is 8.78 Å². The number of carbonyl (C=O) groups is 1. The fourth-order valence-electron chi connectivity index (χ4n) is 4.93. The van der Waals surface area contributed by atoms with Gasteiger partial charge in [-0.05, 0) is 42.8 Å². The zero-order chi connectivity index (χ0) is 25.8. The third-order valence-electron chi connectivity index (χ3n) is 6.90. The number of para-hydroxylation sites is 1. The molecular formula is C30H30F2N4O. The summed E-state index contributed by atoms with van der Waals surface area (Å²) in [5, 5.41) is 4.97. The molecule has 0 bridgehead atoms. The molecule has 1 aliphatic heterocycles. The van der Waals surface area contributed by atoms with E-state index < -0.39 is 11.6 Å². The second-order valence-corrected chi connectivity index (χ2v) is 9.39. The van der Waals surface area contributed by atoms with Crippen LogP contribution in [0.1, 0.15) is 35.0 Å². The van der Waals surface area contributed by atoms with Crippen molar-refractivity contribution in [3.05, 3.63) is 119 Å². The zero-order valence-corrected chi connectivity index (χ0v) is 20.9. The van der Waals surface area contributed by atoms with E-state index in [1.165, 1.54) is 12.1 Å². The van der Waals surface area contributed by atoms with Crippen LogP contribution in [0.3, 0.4) is 0 Å². The molecule has 0 radical (unpaired) electrons. The molecule has 5 nitrogen and oxygen atoms in total. The molecule has 37 heavy (non-hydrogen) atoms. The highest BCUT2D eigenvalue weighted by Gasteiger charge is 2.28. The number of hydrogen-bond acceptors (Lipinski definition) is 3. The molecule has 0 saturated carbocycles. The maximum Gasteiger partial charge on any atom is 0.227 e. The fourth-order valence-corrected chi connectivity index (χ4v) is 4.93. The van der Waals surface area contributed by atoms with E-state index in [2.05, 4.69) is 4.90 Å². The van der Waals surface area contributed by atoms with E-state index in [0.29, 0.717) is 44.7 Å². The van der Waals surface area contributed by atoms with Crippen LogP contribution in [0, 0.1) is 11.6 Å². The van der Waals surface area contributed by atoms with Crippen molar-refractivity contribution in [2.45, 2.75) is 39.4 Å². The average Bonchev–Trinajstić information content (AvgIpc) is 3.28. The number of amides is 1. The second-order valence-electron chi connectivity index (χ2n) is 9.39. The Morgan fingerprint density at radius 3 is 2.46 bits per heavy atom. The molecule has 5 rings (SSSR count). The van der Waals surface area contributed by atoms with Crippen LogP contribution in [-0.2, 0) is 37.3 Å². The number of fused-ring (bicyclic) bond motifs is 1. The fraction of sp³-hybridized carbons (Fsp3) is 0.267. The molecule has 3 aromatic carbocycles. The van der Waals surface area contributed by atoms with Crippen LogP contribution in [0.15, 0.2) is 78.9 Å². The number of carbonyl (C=O) groups excluding carboxylic acids is 1. The Morgan fingerprint density at radius 1 is 1.00 bits per heavy atom. The van der Waals surface area contributed by atoms with Crippen LogP contribution in [0.25, 0.3) is 5.69 Å². The summed E-state index contributed by atoms with van der Waals surface area (Å²) in [5.74, 6) is -0.801. The molecule has 1 aliphatic rings. The monoisotopic (exact) mass is 500 g/mol. The van der Waals surface area contributed by atoms with Crippen LogP contribution < -0.4 is 0 Å². The molecule has 1 amide bonds. The van der Waals surface area contributed by atoms with Gasteiger partial charge in [-0.15, -0.1) is 0 Å². The summed E-state index contributed by atoms with van der Waals surface area (Å²) in [6.45, 7) is 4.50. The van der Waals surface area contributed by atoms with E-state index in [-0.39, 0.29) is 5.91 Å². The minimum atomic E-state index is -0.442. The van der Waals surface area contributed by atoms with Crippen LogP contribution in [-0.4, -0.2) is 38.6 Å². The SMILES string of the molecule is CCN(Cc1nn(-c2ccccc2)c2c1CN(Cc1cc(F)ccc1F)CC2)C(=O)Cc1ccccc1.